The number of imidazole rings is 1. The fraction of sp³-hybridized carbons (Fsp3) is 0.263. The van der Waals surface area contributed by atoms with Crippen LogP contribution >= 0.6 is 0 Å². The Labute approximate surface area is 145 Å². The van der Waals surface area contributed by atoms with Crippen molar-refractivity contribution < 1.29 is 14.6 Å². The van der Waals surface area contributed by atoms with E-state index in [2.05, 4.69) is 4.98 Å². The summed E-state index contributed by atoms with van der Waals surface area (Å²) in [6.07, 6.45) is 3.46. The normalized spacial score (nSPS) is 14.6. The van der Waals surface area contributed by atoms with E-state index in [0.29, 0.717) is 24.4 Å². The zero-order valence-electron chi connectivity index (χ0n) is 13.9. The van der Waals surface area contributed by atoms with E-state index in [9.17, 15) is 9.90 Å². The van der Waals surface area contributed by atoms with Crippen LogP contribution in [0.2, 0.25) is 0 Å². The number of fused-ring (bicyclic) bond motifs is 1. The first-order valence-corrected chi connectivity index (χ1v) is 8.24. The van der Waals surface area contributed by atoms with E-state index in [1.807, 2.05) is 48.0 Å². The molecular formula is C19H19N3O3. The lowest BCUT2D eigenvalue weighted by Gasteiger charge is -2.36. The maximum Gasteiger partial charge on any atom is 0.257 e. The molecule has 1 saturated heterocycles. The number of hydrogen-bond acceptors (Lipinski definition) is 4. The van der Waals surface area contributed by atoms with E-state index in [4.69, 9.17) is 4.74 Å². The number of β-amino-alcohol motifs (C(OH)–C–C–N with tert-alkyl or cyclic N) is 1. The number of aromatic nitrogens is 2. The first-order valence-electron chi connectivity index (χ1n) is 8.24. The Hall–Kier alpha value is -2.86. The van der Waals surface area contributed by atoms with E-state index in [1.165, 1.54) is 0 Å². The van der Waals surface area contributed by atoms with Crippen molar-refractivity contribution in [3.05, 3.63) is 65.6 Å². The number of ether oxygens (including phenoxy) is 1. The molecule has 0 saturated carbocycles. The SMILES string of the molecule is Cc1cccn2cc(COc3ccccc3C(=O)N3CC(O)C3)nc12. The van der Waals surface area contributed by atoms with Crippen molar-refractivity contribution in [2.75, 3.05) is 13.1 Å². The lowest BCUT2D eigenvalue weighted by Crippen LogP contribution is -2.53. The van der Waals surface area contributed by atoms with E-state index in [-0.39, 0.29) is 12.5 Å². The van der Waals surface area contributed by atoms with Gasteiger partial charge in [-0.1, -0.05) is 18.2 Å². The van der Waals surface area contributed by atoms with Crippen LogP contribution in [0.3, 0.4) is 0 Å². The molecule has 128 valence electrons. The number of para-hydroxylation sites is 1. The van der Waals surface area contributed by atoms with Gasteiger partial charge < -0.3 is 19.1 Å². The summed E-state index contributed by atoms with van der Waals surface area (Å²) in [6, 6.07) is 11.2. The minimum atomic E-state index is -0.418. The summed E-state index contributed by atoms with van der Waals surface area (Å²) in [7, 11) is 0. The van der Waals surface area contributed by atoms with E-state index < -0.39 is 6.10 Å². The molecule has 1 fully saturated rings. The first kappa shape index (κ1) is 15.7. The standard InChI is InChI=1S/C19H19N3O3/c1-13-5-4-8-21-9-14(20-18(13)21)12-25-17-7-3-2-6-16(17)19(24)22-10-15(23)11-22/h2-9,15,23H,10-12H2,1H3. The fourth-order valence-electron chi connectivity index (χ4n) is 2.99. The summed E-state index contributed by atoms with van der Waals surface area (Å²) >= 11 is 0. The van der Waals surface area contributed by atoms with Crippen LogP contribution in [0.1, 0.15) is 21.6 Å². The van der Waals surface area contributed by atoms with Crippen molar-refractivity contribution in [2.24, 2.45) is 0 Å². The highest BCUT2D eigenvalue weighted by atomic mass is 16.5. The number of aryl methyl sites for hydroxylation is 1. The predicted molar refractivity (Wildman–Crippen MR) is 92.6 cm³/mol. The van der Waals surface area contributed by atoms with Crippen LogP contribution in [0.5, 0.6) is 5.75 Å². The Morgan fingerprint density at radius 1 is 1.28 bits per heavy atom. The van der Waals surface area contributed by atoms with E-state index >= 15 is 0 Å². The molecule has 6 nitrogen and oxygen atoms in total. The van der Waals surface area contributed by atoms with Crippen molar-refractivity contribution in [3.8, 4) is 5.75 Å². The Balaban J connectivity index is 1.52. The molecule has 4 rings (SSSR count). The minimum Gasteiger partial charge on any atom is -0.486 e. The smallest absolute Gasteiger partial charge is 0.257 e. The first-order chi connectivity index (χ1) is 12.1. The maximum absolute atomic E-state index is 12.5. The second kappa shape index (κ2) is 6.22. The lowest BCUT2D eigenvalue weighted by molar-refractivity contribution is 0.00563. The van der Waals surface area contributed by atoms with Gasteiger partial charge in [0, 0.05) is 25.5 Å². The average Bonchev–Trinajstić information content (AvgIpc) is 3.01. The predicted octanol–water partition coefficient (Wildman–Crippen LogP) is 2.04. The molecular weight excluding hydrogens is 318 g/mol. The third-order valence-electron chi connectivity index (χ3n) is 4.37. The maximum atomic E-state index is 12.5. The summed E-state index contributed by atoms with van der Waals surface area (Å²) in [6.45, 7) is 3.05. The van der Waals surface area contributed by atoms with Gasteiger partial charge in [-0.25, -0.2) is 4.98 Å². The Bertz CT molecular complexity index is 929. The number of rotatable bonds is 4. The summed E-state index contributed by atoms with van der Waals surface area (Å²) in [5.41, 5.74) is 3.31. The van der Waals surface area contributed by atoms with Crippen LogP contribution in [-0.4, -0.2) is 44.5 Å². The molecule has 0 aliphatic carbocycles. The van der Waals surface area contributed by atoms with Crippen LogP contribution in [0.15, 0.2) is 48.8 Å². The van der Waals surface area contributed by atoms with E-state index in [1.54, 1.807) is 17.0 Å². The van der Waals surface area contributed by atoms with Gasteiger partial charge in [0.1, 0.15) is 18.0 Å². The molecule has 3 aromatic rings. The summed E-state index contributed by atoms with van der Waals surface area (Å²) in [5, 5.41) is 9.39. The van der Waals surface area contributed by atoms with Gasteiger partial charge in [0.2, 0.25) is 0 Å². The second-order valence-corrected chi connectivity index (χ2v) is 6.30. The highest BCUT2D eigenvalue weighted by Gasteiger charge is 2.30. The molecule has 2 aromatic heterocycles. The molecule has 1 aliphatic heterocycles. The summed E-state index contributed by atoms with van der Waals surface area (Å²) < 4.78 is 7.84. The van der Waals surface area contributed by atoms with Crippen molar-refractivity contribution in [3.63, 3.8) is 0 Å². The number of nitrogens with zero attached hydrogens (tertiary/aromatic N) is 3. The number of likely N-dealkylation sites (tertiary alicyclic amines) is 1. The molecule has 1 amide bonds. The third kappa shape index (κ3) is 2.96. The number of hydrogen-bond donors (Lipinski definition) is 1. The Morgan fingerprint density at radius 3 is 2.84 bits per heavy atom. The highest BCUT2D eigenvalue weighted by molar-refractivity contribution is 5.97. The number of pyridine rings is 1. The van der Waals surface area contributed by atoms with Crippen LogP contribution in [0, 0.1) is 6.92 Å². The van der Waals surface area contributed by atoms with Crippen molar-refractivity contribution in [2.45, 2.75) is 19.6 Å². The Morgan fingerprint density at radius 2 is 2.08 bits per heavy atom. The number of aliphatic hydroxyl groups excluding tert-OH is 1. The van der Waals surface area contributed by atoms with Gasteiger partial charge in [0.15, 0.2) is 0 Å². The van der Waals surface area contributed by atoms with Crippen molar-refractivity contribution >= 4 is 11.6 Å². The molecule has 6 heteroatoms. The topological polar surface area (TPSA) is 67.1 Å². The van der Waals surface area contributed by atoms with Gasteiger partial charge in [-0.15, -0.1) is 0 Å². The zero-order valence-corrected chi connectivity index (χ0v) is 13.9. The van der Waals surface area contributed by atoms with Gasteiger partial charge in [0.25, 0.3) is 5.91 Å². The van der Waals surface area contributed by atoms with Crippen molar-refractivity contribution in [1.29, 1.82) is 0 Å². The average molecular weight is 337 g/mol. The van der Waals surface area contributed by atoms with Gasteiger partial charge >= 0.3 is 0 Å². The molecule has 3 heterocycles. The molecule has 0 bridgehead atoms. The number of carbonyl (C=O) groups excluding carboxylic acids is 1. The zero-order chi connectivity index (χ0) is 17.4. The second-order valence-electron chi connectivity index (χ2n) is 6.30. The third-order valence-corrected chi connectivity index (χ3v) is 4.37. The quantitative estimate of drug-likeness (QED) is 0.791. The number of benzene rings is 1. The molecule has 25 heavy (non-hydrogen) atoms. The van der Waals surface area contributed by atoms with Crippen LogP contribution in [0.4, 0.5) is 0 Å². The summed E-state index contributed by atoms with van der Waals surface area (Å²) in [5.74, 6) is 0.411. The highest BCUT2D eigenvalue weighted by Crippen LogP contribution is 2.23. The van der Waals surface area contributed by atoms with Crippen LogP contribution in [0.25, 0.3) is 5.65 Å². The molecule has 0 spiro atoms. The summed E-state index contributed by atoms with van der Waals surface area (Å²) in [4.78, 5) is 18.7. The minimum absolute atomic E-state index is 0.119. The fourth-order valence-corrected chi connectivity index (χ4v) is 2.99. The van der Waals surface area contributed by atoms with E-state index in [0.717, 1.165) is 16.9 Å². The van der Waals surface area contributed by atoms with Gasteiger partial charge in [-0.3, -0.25) is 4.79 Å². The molecule has 1 aliphatic rings. The molecule has 1 aromatic carbocycles. The molecule has 0 radical (unpaired) electrons. The van der Waals surface area contributed by atoms with Gasteiger partial charge in [-0.05, 0) is 30.7 Å². The van der Waals surface area contributed by atoms with Crippen LogP contribution < -0.4 is 4.74 Å². The largest absolute Gasteiger partial charge is 0.486 e. The Kier molecular flexibility index (Phi) is 3.89. The van der Waals surface area contributed by atoms with Gasteiger partial charge in [-0.2, -0.15) is 0 Å². The lowest BCUT2D eigenvalue weighted by atomic mass is 10.1. The number of carbonyl (C=O) groups is 1. The molecule has 0 unspecified atom stereocenters. The number of aliphatic hydroxyl groups is 1. The number of amides is 1. The van der Waals surface area contributed by atoms with Gasteiger partial charge in [0.05, 0.1) is 17.4 Å². The molecule has 1 N–H and O–H groups in total. The monoisotopic (exact) mass is 337 g/mol. The molecule has 0 atom stereocenters. The van der Waals surface area contributed by atoms with Crippen molar-refractivity contribution in [1.82, 2.24) is 14.3 Å². The van der Waals surface area contributed by atoms with Crippen LogP contribution in [-0.2, 0) is 6.61 Å².